The lowest BCUT2D eigenvalue weighted by Crippen LogP contribution is -2.05. The van der Waals surface area contributed by atoms with Crippen LogP contribution in [0.5, 0.6) is 11.5 Å². The van der Waals surface area contributed by atoms with E-state index < -0.39 is 0 Å². The van der Waals surface area contributed by atoms with Crippen molar-refractivity contribution in [2.24, 2.45) is 0 Å². The van der Waals surface area contributed by atoms with Crippen molar-refractivity contribution in [1.29, 1.82) is 0 Å². The average molecular weight is 427 g/mol. The van der Waals surface area contributed by atoms with E-state index in [1.54, 1.807) is 24.3 Å². The van der Waals surface area contributed by atoms with Crippen molar-refractivity contribution >= 4 is 5.97 Å². The third-order valence-electron chi connectivity index (χ3n) is 4.74. The molecule has 162 valence electrons. The van der Waals surface area contributed by atoms with E-state index in [4.69, 9.17) is 4.74 Å². The zero-order valence-corrected chi connectivity index (χ0v) is 18.2. The number of carbonyl (C=O) groups is 1. The second-order valence-electron chi connectivity index (χ2n) is 6.96. The van der Waals surface area contributed by atoms with Crippen molar-refractivity contribution in [3.63, 3.8) is 0 Å². The largest absolute Gasteiger partial charge is 0.508 e. The zero-order chi connectivity index (χ0) is 22.9. The van der Waals surface area contributed by atoms with E-state index >= 15 is 0 Å². The molecule has 4 aromatic carbocycles. The third-order valence-corrected chi connectivity index (χ3v) is 4.74. The van der Waals surface area contributed by atoms with Gasteiger partial charge >= 0.3 is 5.97 Å². The van der Waals surface area contributed by atoms with Crippen LogP contribution in [-0.2, 0) is 11.3 Å². The number of rotatable bonds is 5. The summed E-state index contributed by atoms with van der Waals surface area (Å²) in [5, 5.41) is 19.5. The molecule has 0 amide bonds. The first-order valence-corrected chi connectivity index (χ1v) is 10.5. The lowest BCUT2D eigenvalue weighted by molar-refractivity contribution is 0.0472. The quantitative estimate of drug-likeness (QED) is 0.344. The molecule has 0 radical (unpaired) electrons. The molecular weight excluding hydrogens is 400 g/mol. The van der Waals surface area contributed by atoms with Crippen molar-refractivity contribution in [1.82, 2.24) is 0 Å². The number of benzene rings is 4. The lowest BCUT2D eigenvalue weighted by atomic mass is 9.98. The zero-order valence-electron chi connectivity index (χ0n) is 18.2. The SMILES string of the molecule is CC.O=C(OCc1ccccc1)c1cccc(-c2cccc(-c3cc(O)cc(O)c3)c2)c1. The summed E-state index contributed by atoms with van der Waals surface area (Å²) >= 11 is 0. The maximum Gasteiger partial charge on any atom is 0.338 e. The molecule has 4 aromatic rings. The van der Waals surface area contributed by atoms with E-state index in [1.165, 1.54) is 6.07 Å². The number of phenolic OH excluding ortho intramolecular Hbond substituents is 2. The number of hydrogen-bond donors (Lipinski definition) is 2. The highest BCUT2D eigenvalue weighted by molar-refractivity contribution is 5.91. The first kappa shape index (κ1) is 22.6. The van der Waals surface area contributed by atoms with E-state index in [-0.39, 0.29) is 24.1 Å². The topological polar surface area (TPSA) is 66.8 Å². The summed E-state index contributed by atoms with van der Waals surface area (Å²) in [5.41, 5.74) is 4.74. The van der Waals surface area contributed by atoms with Gasteiger partial charge in [0, 0.05) is 6.07 Å². The van der Waals surface area contributed by atoms with Crippen molar-refractivity contribution in [3.05, 3.63) is 108 Å². The first-order valence-electron chi connectivity index (χ1n) is 10.5. The van der Waals surface area contributed by atoms with Gasteiger partial charge in [-0.1, -0.05) is 74.5 Å². The van der Waals surface area contributed by atoms with Crippen molar-refractivity contribution in [3.8, 4) is 33.8 Å². The molecule has 32 heavy (non-hydrogen) atoms. The van der Waals surface area contributed by atoms with Gasteiger partial charge in [0.1, 0.15) is 18.1 Å². The van der Waals surface area contributed by atoms with E-state index in [0.717, 1.165) is 22.3 Å². The summed E-state index contributed by atoms with van der Waals surface area (Å²) < 4.78 is 5.43. The molecule has 0 atom stereocenters. The van der Waals surface area contributed by atoms with Crippen LogP contribution in [0.4, 0.5) is 0 Å². The van der Waals surface area contributed by atoms with E-state index in [1.807, 2.05) is 80.6 Å². The molecule has 0 spiro atoms. The summed E-state index contributed by atoms with van der Waals surface area (Å²) in [4.78, 5) is 12.5. The molecule has 0 aromatic heterocycles. The molecule has 0 saturated carbocycles. The van der Waals surface area contributed by atoms with Gasteiger partial charge < -0.3 is 14.9 Å². The fourth-order valence-electron chi connectivity index (χ4n) is 3.27. The van der Waals surface area contributed by atoms with Gasteiger partial charge in [0.2, 0.25) is 0 Å². The van der Waals surface area contributed by atoms with Gasteiger partial charge in [-0.25, -0.2) is 4.79 Å². The molecular formula is C28H26O4. The Balaban J connectivity index is 0.00000141. The predicted molar refractivity (Wildman–Crippen MR) is 128 cm³/mol. The molecule has 0 bridgehead atoms. The third kappa shape index (κ3) is 5.76. The van der Waals surface area contributed by atoms with Gasteiger partial charge in [-0.3, -0.25) is 0 Å². The van der Waals surface area contributed by atoms with Crippen molar-refractivity contribution in [2.45, 2.75) is 20.5 Å². The van der Waals surface area contributed by atoms with Gasteiger partial charge in [-0.2, -0.15) is 0 Å². The highest BCUT2D eigenvalue weighted by Gasteiger charge is 2.10. The Morgan fingerprint density at radius 2 is 1.22 bits per heavy atom. The molecule has 2 N–H and O–H groups in total. The number of carbonyl (C=O) groups excluding carboxylic acids is 1. The molecule has 0 unspecified atom stereocenters. The summed E-state index contributed by atoms with van der Waals surface area (Å²) in [5.74, 6) is -0.383. The number of hydrogen-bond acceptors (Lipinski definition) is 4. The van der Waals surface area contributed by atoms with Crippen LogP contribution < -0.4 is 0 Å². The average Bonchev–Trinajstić information content (AvgIpc) is 2.84. The van der Waals surface area contributed by atoms with Gasteiger partial charge in [-0.15, -0.1) is 0 Å². The fraction of sp³-hybridized carbons (Fsp3) is 0.107. The monoisotopic (exact) mass is 426 g/mol. The Morgan fingerprint density at radius 1 is 0.656 bits per heavy atom. The van der Waals surface area contributed by atoms with Crippen LogP contribution in [0.1, 0.15) is 29.8 Å². The summed E-state index contributed by atoms with van der Waals surface area (Å²) in [6.45, 7) is 4.22. The fourth-order valence-corrected chi connectivity index (χ4v) is 3.27. The van der Waals surface area contributed by atoms with Gasteiger partial charge in [0.15, 0.2) is 0 Å². The maximum atomic E-state index is 12.5. The Morgan fingerprint density at radius 3 is 1.88 bits per heavy atom. The smallest absolute Gasteiger partial charge is 0.338 e. The van der Waals surface area contributed by atoms with Crippen LogP contribution in [-0.4, -0.2) is 16.2 Å². The Bertz CT molecular complexity index is 1160. The normalized spacial score (nSPS) is 10.1. The molecule has 0 aliphatic rings. The van der Waals surface area contributed by atoms with Crippen LogP contribution >= 0.6 is 0 Å². The van der Waals surface area contributed by atoms with Crippen LogP contribution in [0, 0.1) is 0 Å². The van der Waals surface area contributed by atoms with Gasteiger partial charge in [-0.05, 0) is 58.1 Å². The minimum absolute atomic E-state index is 0.00133. The Hall–Kier alpha value is -4.05. The minimum atomic E-state index is -0.380. The molecule has 4 nitrogen and oxygen atoms in total. The Labute approximate surface area is 188 Å². The number of aromatic hydroxyl groups is 2. The molecule has 0 aliphatic heterocycles. The van der Waals surface area contributed by atoms with Crippen LogP contribution in [0.3, 0.4) is 0 Å². The molecule has 0 aliphatic carbocycles. The highest BCUT2D eigenvalue weighted by Crippen LogP contribution is 2.31. The van der Waals surface area contributed by atoms with Crippen LogP contribution in [0.15, 0.2) is 97.1 Å². The first-order chi connectivity index (χ1) is 15.6. The summed E-state index contributed by atoms with van der Waals surface area (Å²) in [6.07, 6.45) is 0. The molecule has 0 fully saturated rings. The van der Waals surface area contributed by atoms with E-state index in [2.05, 4.69) is 0 Å². The van der Waals surface area contributed by atoms with Crippen molar-refractivity contribution < 1.29 is 19.7 Å². The second kappa shape index (κ2) is 10.8. The summed E-state index contributed by atoms with van der Waals surface area (Å²) in [6, 6.07) is 29.0. The standard InChI is InChI=1S/C26H20O4.C2H6/c27-24-14-23(15-25(28)16-24)21-10-4-8-19(12-21)20-9-5-11-22(13-20)26(29)30-17-18-6-2-1-3-7-18;1-2/h1-16,27-28H,17H2;1-2H3. The molecule has 0 saturated heterocycles. The number of esters is 1. The van der Waals surface area contributed by atoms with Crippen LogP contribution in [0.2, 0.25) is 0 Å². The van der Waals surface area contributed by atoms with Gasteiger partial charge in [0.25, 0.3) is 0 Å². The molecule has 4 heteroatoms. The van der Waals surface area contributed by atoms with E-state index in [0.29, 0.717) is 11.1 Å². The van der Waals surface area contributed by atoms with Crippen LogP contribution in [0.25, 0.3) is 22.3 Å². The van der Waals surface area contributed by atoms with E-state index in [9.17, 15) is 15.0 Å². The van der Waals surface area contributed by atoms with Gasteiger partial charge in [0.05, 0.1) is 5.56 Å². The highest BCUT2D eigenvalue weighted by atomic mass is 16.5. The molecule has 4 rings (SSSR count). The number of phenols is 2. The van der Waals surface area contributed by atoms with Crippen molar-refractivity contribution in [2.75, 3.05) is 0 Å². The Kier molecular flexibility index (Phi) is 7.65. The molecule has 0 heterocycles. The maximum absolute atomic E-state index is 12.5. The lowest BCUT2D eigenvalue weighted by Gasteiger charge is -2.09. The summed E-state index contributed by atoms with van der Waals surface area (Å²) in [7, 11) is 0. The second-order valence-corrected chi connectivity index (χ2v) is 6.96. The number of ether oxygens (including phenoxy) is 1. The predicted octanol–water partition coefficient (Wildman–Crippen LogP) is 6.82. The minimum Gasteiger partial charge on any atom is -0.508 e.